The van der Waals surface area contributed by atoms with Crippen molar-refractivity contribution in [1.82, 2.24) is 0 Å². The fourth-order valence-electron chi connectivity index (χ4n) is 1.77. The molecule has 1 saturated heterocycles. The van der Waals surface area contributed by atoms with E-state index in [0.717, 1.165) is 25.5 Å². The van der Waals surface area contributed by atoms with Crippen LogP contribution in [-0.2, 0) is 9.53 Å². The fraction of sp³-hybridized carbons (Fsp3) is 0.462. The standard InChI is InChI=1S/C13H16O2S/c1-10-5-7-12(8-6-10)16-13-4-2-3-11(9-14)15-13/h5-9,11,13H,2-4H2,1H3. The third-order valence-electron chi connectivity index (χ3n) is 2.70. The van der Waals surface area contributed by atoms with Crippen molar-refractivity contribution in [3.63, 3.8) is 0 Å². The zero-order valence-electron chi connectivity index (χ0n) is 9.39. The molecule has 1 fully saturated rings. The second kappa shape index (κ2) is 5.51. The lowest BCUT2D eigenvalue weighted by atomic mass is 10.1. The van der Waals surface area contributed by atoms with Crippen molar-refractivity contribution in [2.24, 2.45) is 0 Å². The van der Waals surface area contributed by atoms with Crippen molar-refractivity contribution >= 4 is 18.0 Å². The maximum absolute atomic E-state index is 10.7. The Labute approximate surface area is 100 Å². The lowest BCUT2D eigenvalue weighted by Gasteiger charge is -2.26. The first-order valence-corrected chi connectivity index (χ1v) is 6.50. The third kappa shape index (κ3) is 3.09. The van der Waals surface area contributed by atoms with E-state index >= 15 is 0 Å². The number of thioether (sulfide) groups is 1. The summed E-state index contributed by atoms with van der Waals surface area (Å²) >= 11 is 1.71. The third-order valence-corrected chi connectivity index (χ3v) is 3.85. The number of aryl methyl sites for hydroxylation is 1. The zero-order chi connectivity index (χ0) is 11.4. The van der Waals surface area contributed by atoms with Crippen LogP contribution in [-0.4, -0.2) is 17.8 Å². The van der Waals surface area contributed by atoms with Crippen molar-refractivity contribution in [2.45, 2.75) is 42.6 Å². The highest BCUT2D eigenvalue weighted by Crippen LogP contribution is 2.31. The summed E-state index contributed by atoms with van der Waals surface area (Å²) in [6, 6.07) is 8.41. The predicted octanol–water partition coefficient (Wildman–Crippen LogP) is 3.18. The SMILES string of the molecule is Cc1ccc(SC2CCCC(C=O)O2)cc1. The summed E-state index contributed by atoms with van der Waals surface area (Å²) in [5.74, 6) is 0. The van der Waals surface area contributed by atoms with Gasteiger partial charge in [-0.25, -0.2) is 0 Å². The summed E-state index contributed by atoms with van der Waals surface area (Å²) in [5, 5.41) is 0. The van der Waals surface area contributed by atoms with Gasteiger partial charge < -0.3 is 9.53 Å². The molecule has 0 amide bonds. The Morgan fingerprint density at radius 3 is 2.75 bits per heavy atom. The molecule has 0 saturated carbocycles. The van der Waals surface area contributed by atoms with E-state index in [2.05, 4.69) is 31.2 Å². The fourth-order valence-corrected chi connectivity index (χ4v) is 2.85. The second-order valence-corrected chi connectivity index (χ2v) is 5.33. The van der Waals surface area contributed by atoms with Crippen LogP contribution < -0.4 is 0 Å². The largest absolute Gasteiger partial charge is 0.357 e. The summed E-state index contributed by atoms with van der Waals surface area (Å²) in [6.07, 6.45) is 3.70. The van der Waals surface area contributed by atoms with Gasteiger partial charge in [0.25, 0.3) is 0 Å². The number of hydrogen-bond acceptors (Lipinski definition) is 3. The van der Waals surface area contributed by atoms with E-state index in [0.29, 0.717) is 0 Å². The maximum Gasteiger partial charge on any atom is 0.148 e. The molecular weight excluding hydrogens is 220 g/mol. The number of hydrogen-bond donors (Lipinski definition) is 0. The molecule has 1 aromatic rings. The van der Waals surface area contributed by atoms with Crippen LogP contribution in [0.15, 0.2) is 29.2 Å². The van der Waals surface area contributed by atoms with E-state index < -0.39 is 0 Å². The minimum absolute atomic E-state index is 0.131. The smallest absolute Gasteiger partial charge is 0.148 e. The summed E-state index contributed by atoms with van der Waals surface area (Å²) in [7, 11) is 0. The van der Waals surface area contributed by atoms with Gasteiger partial charge in [-0.05, 0) is 38.3 Å². The first kappa shape index (κ1) is 11.7. The molecule has 2 nitrogen and oxygen atoms in total. The quantitative estimate of drug-likeness (QED) is 0.754. The molecule has 0 bridgehead atoms. The molecule has 0 radical (unpaired) electrons. The molecule has 86 valence electrons. The minimum atomic E-state index is -0.198. The number of aldehydes is 1. The van der Waals surface area contributed by atoms with Gasteiger partial charge in [0.15, 0.2) is 0 Å². The molecule has 1 heterocycles. The Balaban J connectivity index is 1.93. The van der Waals surface area contributed by atoms with Crippen molar-refractivity contribution in [1.29, 1.82) is 0 Å². The number of benzene rings is 1. The Kier molecular flexibility index (Phi) is 4.02. The molecule has 0 aromatic heterocycles. The maximum atomic E-state index is 10.7. The van der Waals surface area contributed by atoms with Gasteiger partial charge in [-0.3, -0.25) is 0 Å². The van der Waals surface area contributed by atoms with Crippen molar-refractivity contribution in [3.8, 4) is 0 Å². The van der Waals surface area contributed by atoms with Crippen molar-refractivity contribution in [2.75, 3.05) is 0 Å². The Hall–Kier alpha value is -0.800. The molecule has 0 N–H and O–H groups in total. The van der Waals surface area contributed by atoms with Gasteiger partial charge in [0.1, 0.15) is 17.8 Å². The molecule has 1 aromatic carbocycles. The van der Waals surface area contributed by atoms with Crippen molar-refractivity contribution in [3.05, 3.63) is 29.8 Å². The monoisotopic (exact) mass is 236 g/mol. The number of rotatable bonds is 3. The lowest BCUT2D eigenvalue weighted by Crippen LogP contribution is -2.26. The molecule has 1 aliphatic heterocycles. The molecule has 3 heteroatoms. The highest BCUT2D eigenvalue weighted by molar-refractivity contribution is 7.99. The van der Waals surface area contributed by atoms with Gasteiger partial charge in [0.05, 0.1) is 0 Å². The number of carbonyl (C=O) groups is 1. The van der Waals surface area contributed by atoms with E-state index in [1.807, 2.05) is 0 Å². The van der Waals surface area contributed by atoms with E-state index in [1.54, 1.807) is 11.8 Å². The first-order chi connectivity index (χ1) is 7.78. The molecule has 0 aliphatic carbocycles. The van der Waals surface area contributed by atoms with Gasteiger partial charge in [-0.15, -0.1) is 0 Å². The number of ether oxygens (including phenoxy) is 1. The first-order valence-electron chi connectivity index (χ1n) is 5.62. The molecule has 2 atom stereocenters. The van der Waals surface area contributed by atoms with Crippen LogP contribution in [0.1, 0.15) is 24.8 Å². The molecular formula is C13H16O2S. The van der Waals surface area contributed by atoms with E-state index in [-0.39, 0.29) is 11.5 Å². The Bertz CT molecular complexity index is 347. The van der Waals surface area contributed by atoms with Crippen LogP contribution in [0.5, 0.6) is 0 Å². The van der Waals surface area contributed by atoms with Crippen LogP contribution in [0.25, 0.3) is 0 Å². The van der Waals surface area contributed by atoms with Gasteiger partial charge >= 0.3 is 0 Å². The summed E-state index contributed by atoms with van der Waals surface area (Å²) in [6.45, 7) is 2.08. The molecule has 1 aliphatic rings. The summed E-state index contributed by atoms with van der Waals surface area (Å²) < 4.78 is 5.66. The van der Waals surface area contributed by atoms with E-state index in [4.69, 9.17) is 4.74 Å². The van der Waals surface area contributed by atoms with Crippen LogP contribution in [0.3, 0.4) is 0 Å². The van der Waals surface area contributed by atoms with Gasteiger partial charge in [0.2, 0.25) is 0 Å². The molecule has 0 spiro atoms. The Morgan fingerprint density at radius 2 is 2.06 bits per heavy atom. The average Bonchev–Trinajstić information content (AvgIpc) is 2.32. The van der Waals surface area contributed by atoms with Crippen LogP contribution in [0.4, 0.5) is 0 Å². The second-order valence-electron chi connectivity index (χ2n) is 4.10. The van der Waals surface area contributed by atoms with E-state index in [1.165, 1.54) is 10.5 Å². The highest BCUT2D eigenvalue weighted by atomic mass is 32.2. The minimum Gasteiger partial charge on any atom is -0.357 e. The van der Waals surface area contributed by atoms with Crippen molar-refractivity contribution < 1.29 is 9.53 Å². The summed E-state index contributed by atoms with van der Waals surface area (Å²) in [5.41, 5.74) is 1.39. The predicted molar refractivity (Wildman–Crippen MR) is 65.6 cm³/mol. The molecule has 16 heavy (non-hydrogen) atoms. The normalized spacial score (nSPS) is 25.3. The van der Waals surface area contributed by atoms with Crippen LogP contribution >= 0.6 is 11.8 Å². The molecule has 2 unspecified atom stereocenters. The number of carbonyl (C=O) groups excluding carboxylic acids is 1. The Morgan fingerprint density at radius 1 is 1.31 bits per heavy atom. The molecule has 2 rings (SSSR count). The van der Waals surface area contributed by atoms with Crippen LogP contribution in [0.2, 0.25) is 0 Å². The van der Waals surface area contributed by atoms with Gasteiger partial charge in [-0.2, -0.15) is 0 Å². The van der Waals surface area contributed by atoms with E-state index in [9.17, 15) is 4.79 Å². The lowest BCUT2D eigenvalue weighted by molar-refractivity contribution is -0.121. The zero-order valence-corrected chi connectivity index (χ0v) is 10.2. The van der Waals surface area contributed by atoms with Gasteiger partial charge in [-0.1, -0.05) is 29.5 Å². The average molecular weight is 236 g/mol. The highest BCUT2D eigenvalue weighted by Gasteiger charge is 2.22. The van der Waals surface area contributed by atoms with Gasteiger partial charge in [0, 0.05) is 4.90 Å². The topological polar surface area (TPSA) is 26.3 Å². The van der Waals surface area contributed by atoms with Crippen LogP contribution in [0, 0.1) is 6.92 Å². The summed E-state index contributed by atoms with van der Waals surface area (Å²) in [4.78, 5) is 11.9.